The minimum atomic E-state index is -0.309. The smallest absolute Gasteiger partial charge is 0.259 e. The van der Waals surface area contributed by atoms with Crippen molar-refractivity contribution in [2.45, 2.75) is 4.21 Å². The van der Waals surface area contributed by atoms with Crippen LogP contribution in [0.1, 0.15) is 25.6 Å². The maximum Gasteiger partial charge on any atom is 0.259 e. The van der Waals surface area contributed by atoms with Gasteiger partial charge in [0.2, 0.25) is 5.78 Å². The van der Waals surface area contributed by atoms with Crippen molar-refractivity contribution < 1.29 is 9.59 Å². The fraction of sp³-hybridized carbons (Fsp3) is 0.0526. The van der Waals surface area contributed by atoms with Gasteiger partial charge in [0.15, 0.2) is 0 Å². The van der Waals surface area contributed by atoms with Crippen LogP contribution in [0.25, 0.3) is 0 Å². The zero-order valence-electron chi connectivity index (χ0n) is 13.5. The molecule has 2 aromatic carbocycles. The first-order chi connectivity index (χ1) is 12.1. The number of carbonyl (C=O) groups is 2. The van der Waals surface area contributed by atoms with E-state index in [0.29, 0.717) is 21.7 Å². The standard InChI is InChI=1S/C19H16N2O2S2/c1-24-19-14(18(23)21-13-10-6-3-7-11-13)15(20)17(25-19)16(22)12-8-4-2-5-9-12/h2-11H,20H2,1H3,(H,21,23). The Morgan fingerprint density at radius 3 is 2.20 bits per heavy atom. The number of thiophene rings is 1. The van der Waals surface area contributed by atoms with Gasteiger partial charge in [-0.1, -0.05) is 48.5 Å². The van der Waals surface area contributed by atoms with Crippen molar-refractivity contribution in [1.82, 2.24) is 0 Å². The number of hydrogen-bond acceptors (Lipinski definition) is 5. The monoisotopic (exact) mass is 368 g/mol. The molecule has 0 aliphatic heterocycles. The molecule has 0 unspecified atom stereocenters. The van der Waals surface area contributed by atoms with Crippen molar-refractivity contribution in [2.75, 3.05) is 17.3 Å². The summed E-state index contributed by atoms with van der Waals surface area (Å²) in [6, 6.07) is 18.1. The van der Waals surface area contributed by atoms with Gasteiger partial charge in [0.05, 0.1) is 20.3 Å². The highest BCUT2D eigenvalue weighted by Crippen LogP contribution is 2.38. The van der Waals surface area contributed by atoms with E-state index in [2.05, 4.69) is 5.32 Å². The predicted octanol–water partition coefficient (Wildman–Crippen LogP) is 4.54. The van der Waals surface area contributed by atoms with Crippen LogP contribution in [0.2, 0.25) is 0 Å². The van der Waals surface area contributed by atoms with Crippen LogP contribution in [0, 0.1) is 0 Å². The van der Waals surface area contributed by atoms with Crippen LogP contribution in [-0.4, -0.2) is 17.9 Å². The zero-order chi connectivity index (χ0) is 17.8. The third-order valence-corrected chi connectivity index (χ3v) is 5.92. The molecule has 1 heterocycles. The van der Waals surface area contributed by atoms with E-state index in [1.807, 2.05) is 30.5 Å². The molecule has 0 bridgehead atoms. The maximum atomic E-state index is 12.7. The van der Waals surface area contributed by atoms with Crippen LogP contribution in [0.5, 0.6) is 0 Å². The number of rotatable bonds is 5. The van der Waals surface area contributed by atoms with E-state index < -0.39 is 0 Å². The van der Waals surface area contributed by atoms with Crippen molar-refractivity contribution in [3.8, 4) is 0 Å². The van der Waals surface area contributed by atoms with Crippen LogP contribution in [0.4, 0.5) is 11.4 Å². The van der Waals surface area contributed by atoms with Crippen molar-refractivity contribution in [1.29, 1.82) is 0 Å². The van der Waals surface area contributed by atoms with Crippen LogP contribution in [-0.2, 0) is 0 Å². The molecule has 3 aromatic rings. The number of para-hydroxylation sites is 1. The highest BCUT2D eigenvalue weighted by molar-refractivity contribution is 8.00. The lowest BCUT2D eigenvalue weighted by atomic mass is 10.1. The summed E-state index contributed by atoms with van der Waals surface area (Å²) in [6.07, 6.45) is 1.86. The molecule has 0 atom stereocenters. The lowest BCUT2D eigenvalue weighted by Crippen LogP contribution is -2.14. The second kappa shape index (κ2) is 7.55. The summed E-state index contributed by atoms with van der Waals surface area (Å²) >= 11 is 2.66. The van der Waals surface area contributed by atoms with Gasteiger partial charge in [-0.25, -0.2) is 0 Å². The van der Waals surface area contributed by atoms with E-state index >= 15 is 0 Å². The highest BCUT2D eigenvalue weighted by atomic mass is 32.2. The Balaban J connectivity index is 1.96. The van der Waals surface area contributed by atoms with Gasteiger partial charge in [-0.2, -0.15) is 0 Å². The van der Waals surface area contributed by atoms with Gasteiger partial charge in [-0.3, -0.25) is 9.59 Å². The Labute approximate surface area is 154 Å². The van der Waals surface area contributed by atoms with Crippen LogP contribution in [0.15, 0.2) is 64.9 Å². The number of hydrogen-bond donors (Lipinski definition) is 2. The summed E-state index contributed by atoms with van der Waals surface area (Å²) in [4.78, 5) is 25.8. The lowest BCUT2D eigenvalue weighted by molar-refractivity contribution is 0.102. The summed E-state index contributed by atoms with van der Waals surface area (Å²) < 4.78 is 0.727. The minimum absolute atomic E-state index is 0.169. The van der Waals surface area contributed by atoms with Crippen molar-refractivity contribution in [3.63, 3.8) is 0 Å². The summed E-state index contributed by atoms with van der Waals surface area (Å²) in [5, 5.41) is 2.83. The SMILES string of the molecule is CSc1sc(C(=O)c2ccccc2)c(N)c1C(=O)Nc1ccccc1. The lowest BCUT2D eigenvalue weighted by Gasteiger charge is -2.06. The maximum absolute atomic E-state index is 12.7. The molecule has 126 valence electrons. The molecule has 0 saturated heterocycles. The van der Waals surface area contributed by atoms with Crippen molar-refractivity contribution in [2.24, 2.45) is 0 Å². The Kier molecular flexibility index (Phi) is 5.21. The number of anilines is 2. The number of ketones is 1. The third kappa shape index (κ3) is 3.60. The zero-order valence-corrected chi connectivity index (χ0v) is 15.1. The number of nitrogens with one attached hydrogen (secondary N) is 1. The van der Waals surface area contributed by atoms with Gasteiger partial charge >= 0.3 is 0 Å². The molecular weight excluding hydrogens is 352 g/mol. The molecule has 25 heavy (non-hydrogen) atoms. The quantitative estimate of drug-likeness (QED) is 0.512. The van der Waals surface area contributed by atoms with Crippen LogP contribution in [0.3, 0.4) is 0 Å². The Morgan fingerprint density at radius 2 is 1.60 bits per heavy atom. The molecular formula is C19H16N2O2S2. The van der Waals surface area contributed by atoms with Crippen LogP contribution < -0.4 is 11.1 Å². The normalized spacial score (nSPS) is 10.4. The molecule has 0 aliphatic rings. The minimum Gasteiger partial charge on any atom is -0.397 e. The number of nitrogen functional groups attached to an aromatic ring is 1. The average molecular weight is 368 g/mol. The summed E-state index contributed by atoms with van der Waals surface area (Å²) in [7, 11) is 0. The molecule has 1 aromatic heterocycles. The summed E-state index contributed by atoms with van der Waals surface area (Å²) in [6.45, 7) is 0. The number of amides is 1. The topological polar surface area (TPSA) is 72.2 Å². The first kappa shape index (κ1) is 17.3. The molecule has 3 rings (SSSR count). The van der Waals surface area contributed by atoms with Gasteiger partial charge in [0.1, 0.15) is 0 Å². The second-order valence-corrected chi connectivity index (χ2v) is 7.32. The first-order valence-electron chi connectivity index (χ1n) is 7.54. The largest absolute Gasteiger partial charge is 0.397 e. The van der Waals surface area contributed by atoms with Gasteiger partial charge < -0.3 is 11.1 Å². The van der Waals surface area contributed by atoms with Crippen molar-refractivity contribution >= 4 is 46.2 Å². The fourth-order valence-electron chi connectivity index (χ4n) is 2.39. The third-order valence-electron chi connectivity index (χ3n) is 3.60. The van der Waals surface area contributed by atoms with Crippen molar-refractivity contribution in [3.05, 3.63) is 76.7 Å². The van der Waals surface area contributed by atoms with E-state index in [1.165, 1.54) is 23.1 Å². The number of thioether (sulfide) groups is 1. The Morgan fingerprint density at radius 1 is 1.00 bits per heavy atom. The van der Waals surface area contributed by atoms with Gasteiger partial charge in [0, 0.05) is 11.3 Å². The Hall–Kier alpha value is -2.57. The average Bonchev–Trinajstić information content (AvgIpc) is 2.99. The van der Waals surface area contributed by atoms with E-state index in [-0.39, 0.29) is 17.4 Å². The molecule has 0 fully saturated rings. The van der Waals surface area contributed by atoms with E-state index in [0.717, 1.165) is 4.21 Å². The molecule has 1 amide bonds. The molecule has 0 aliphatic carbocycles. The molecule has 6 heteroatoms. The van der Waals surface area contributed by atoms with E-state index in [1.54, 1.807) is 36.4 Å². The van der Waals surface area contributed by atoms with E-state index in [9.17, 15) is 9.59 Å². The number of carbonyl (C=O) groups excluding carboxylic acids is 2. The predicted molar refractivity (Wildman–Crippen MR) is 105 cm³/mol. The van der Waals surface area contributed by atoms with Crippen LogP contribution >= 0.6 is 23.1 Å². The molecule has 0 spiro atoms. The summed E-state index contributed by atoms with van der Waals surface area (Å²) in [5.74, 6) is -0.478. The molecule has 0 radical (unpaired) electrons. The number of nitrogens with two attached hydrogens (primary N) is 1. The number of benzene rings is 2. The molecule has 3 N–H and O–H groups in total. The molecule has 0 saturated carbocycles. The second-order valence-electron chi connectivity index (χ2n) is 5.23. The summed E-state index contributed by atoms with van der Waals surface area (Å²) in [5.41, 5.74) is 8.02. The van der Waals surface area contributed by atoms with Gasteiger partial charge in [0.25, 0.3) is 5.91 Å². The van der Waals surface area contributed by atoms with E-state index in [4.69, 9.17) is 5.73 Å². The Bertz CT molecular complexity index is 906. The first-order valence-corrected chi connectivity index (χ1v) is 9.58. The highest BCUT2D eigenvalue weighted by Gasteiger charge is 2.25. The molecule has 4 nitrogen and oxygen atoms in total. The van der Waals surface area contributed by atoms with Gasteiger partial charge in [-0.15, -0.1) is 23.1 Å². The fourth-order valence-corrected chi connectivity index (χ4v) is 4.29. The van der Waals surface area contributed by atoms with Gasteiger partial charge in [-0.05, 0) is 18.4 Å².